The van der Waals surface area contributed by atoms with Crippen LogP contribution in [0.2, 0.25) is 0 Å². The van der Waals surface area contributed by atoms with Gasteiger partial charge in [-0.25, -0.2) is 13.4 Å². The molecule has 2 fully saturated rings. The fraction of sp³-hybridized carbons (Fsp3) is 0.421. The van der Waals surface area contributed by atoms with E-state index >= 15 is 0 Å². The zero-order chi connectivity index (χ0) is 20.2. The lowest BCUT2D eigenvalue weighted by molar-refractivity contribution is -0.134. The quantitative estimate of drug-likeness (QED) is 0.597. The summed E-state index contributed by atoms with van der Waals surface area (Å²) in [5.41, 5.74) is 0.614. The van der Waals surface area contributed by atoms with Crippen LogP contribution >= 0.6 is 22.7 Å². The summed E-state index contributed by atoms with van der Waals surface area (Å²) in [6.45, 7) is -0.117. The maximum Gasteiger partial charge on any atom is 0.263 e. The number of amides is 1. The Hall–Kier alpha value is -2.04. The Bertz CT molecular complexity index is 1240. The van der Waals surface area contributed by atoms with Crippen molar-refractivity contribution in [2.75, 3.05) is 11.5 Å². The maximum atomic E-state index is 13.1. The van der Waals surface area contributed by atoms with Gasteiger partial charge in [-0.3, -0.25) is 14.2 Å². The smallest absolute Gasteiger partial charge is 0.263 e. The first-order valence-corrected chi connectivity index (χ1v) is 13.0. The number of sulfone groups is 1. The van der Waals surface area contributed by atoms with Gasteiger partial charge in [0.05, 0.1) is 23.2 Å². The lowest BCUT2D eigenvalue weighted by Crippen LogP contribution is -2.45. The van der Waals surface area contributed by atoms with Crippen LogP contribution in [0.1, 0.15) is 19.3 Å². The van der Waals surface area contributed by atoms with Crippen molar-refractivity contribution < 1.29 is 13.2 Å². The summed E-state index contributed by atoms with van der Waals surface area (Å²) in [7, 11) is -3.09. The minimum Gasteiger partial charge on any atom is -0.334 e. The van der Waals surface area contributed by atoms with Crippen LogP contribution in [0.3, 0.4) is 0 Å². The minimum atomic E-state index is -3.09. The molecule has 3 aromatic rings. The van der Waals surface area contributed by atoms with E-state index in [2.05, 4.69) is 4.98 Å². The number of aromatic nitrogens is 2. The molecule has 0 N–H and O–H groups in total. The molecule has 1 saturated heterocycles. The molecule has 1 amide bonds. The Morgan fingerprint density at radius 1 is 1.24 bits per heavy atom. The summed E-state index contributed by atoms with van der Waals surface area (Å²) >= 11 is 2.97. The third kappa shape index (κ3) is 3.53. The molecule has 4 heterocycles. The van der Waals surface area contributed by atoms with Gasteiger partial charge in [0.25, 0.3) is 5.56 Å². The molecular formula is C19H19N3O4S3. The Labute approximate surface area is 175 Å². The summed E-state index contributed by atoms with van der Waals surface area (Å²) in [6.07, 6.45) is 3.68. The molecule has 1 aliphatic heterocycles. The summed E-state index contributed by atoms with van der Waals surface area (Å²) in [6, 6.07) is 3.71. The van der Waals surface area contributed by atoms with Crippen LogP contribution in [-0.4, -0.2) is 52.4 Å². The molecule has 1 saturated carbocycles. The molecule has 10 heteroatoms. The maximum absolute atomic E-state index is 13.1. The van der Waals surface area contributed by atoms with E-state index in [1.165, 1.54) is 22.2 Å². The molecule has 2 aliphatic rings. The van der Waals surface area contributed by atoms with Crippen molar-refractivity contribution in [2.24, 2.45) is 0 Å². The van der Waals surface area contributed by atoms with Gasteiger partial charge in [0.2, 0.25) is 5.91 Å². The Balaban J connectivity index is 1.46. The summed E-state index contributed by atoms with van der Waals surface area (Å²) in [5, 5.41) is 4.42. The highest BCUT2D eigenvalue weighted by Crippen LogP contribution is 2.34. The predicted molar refractivity (Wildman–Crippen MR) is 114 cm³/mol. The SMILES string of the molecule is O=C(Cn1cnc2scc(-c3cccs3)c2c1=O)N(C1CC1)C1CCS(=O)(=O)C1. The van der Waals surface area contributed by atoms with E-state index < -0.39 is 9.84 Å². The van der Waals surface area contributed by atoms with Crippen molar-refractivity contribution in [3.63, 3.8) is 0 Å². The molecule has 0 spiro atoms. The third-order valence-electron chi connectivity index (χ3n) is 5.48. The van der Waals surface area contributed by atoms with Gasteiger partial charge >= 0.3 is 0 Å². The highest BCUT2D eigenvalue weighted by Gasteiger charge is 2.42. The second-order valence-corrected chi connectivity index (χ2v) is 11.6. The van der Waals surface area contributed by atoms with Crippen LogP contribution in [-0.2, 0) is 21.2 Å². The molecule has 29 heavy (non-hydrogen) atoms. The topological polar surface area (TPSA) is 89.3 Å². The number of hydrogen-bond acceptors (Lipinski definition) is 7. The van der Waals surface area contributed by atoms with E-state index in [1.54, 1.807) is 16.2 Å². The molecule has 0 aromatic carbocycles. The second kappa shape index (κ2) is 7.03. The number of carbonyl (C=O) groups is 1. The van der Waals surface area contributed by atoms with E-state index in [9.17, 15) is 18.0 Å². The van der Waals surface area contributed by atoms with Gasteiger partial charge < -0.3 is 4.90 Å². The molecule has 5 rings (SSSR count). The zero-order valence-electron chi connectivity index (χ0n) is 15.5. The van der Waals surface area contributed by atoms with E-state index in [1.807, 2.05) is 22.9 Å². The predicted octanol–water partition coefficient (Wildman–Crippen LogP) is 2.36. The number of nitrogens with zero attached hydrogens (tertiary/aromatic N) is 3. The van der Waals surface area contributed by atoms with Crippen molar-refractivity contribution >= 4 is 48.6 Å². The van der Waals surface area contributed by atoms with Crippen molar-refractivity contribution in [3.05, 3.63) is 39.6 Å². The van der Waals surface area contributed by atoms with Crippen LogP contribution in [0.15, 0.2) is 34.0 Å². The molecule has 1 atom stereocenters. The number of carbonyl (C=O) groups excluding carboxylic acids is 1. The highest BCUT2D eigenvalue weighted by atomic mass is 32.2. The molecular weight excluding hydrogens is 430 g/mol. The highest BCUT2D eigenvalue weighted by molar-refractivity contribution is 7.91. The Morgan fingerprint density at radius 3 is 2.72 bits per heavy atom. The van der Waals surface area contributed by atoms with Crippen LogP contribution in [0.25, 0.3) is 20.7 Å². The van der Waals surface area contributed by atoms with E-state index in [0.29, 0.717) is 16.6 Å². The molecule has 152 valence electrons. The van der Waals surface area contributed by atoms with Crippen LogP contribution < -0.4 is 5.56 Å². The standard InChI is InChI=1S/C19H19N3O4S3/c23-16(22(12-3-4-12)13-5-7-29(25,26)10-13)8-21-11-20-18-17(19(21)24)14(9-28-18)15-2-1-6-27-15/h1-2,6,9,11-13H,3-5,7-8,10H2. The average molecular weight is 450 g/mol. The monoisotopic (exact) mass is 449 g/mol. The van der Waals surface area contributed by atoms with Crippen molar-refractivity contribution in [3.8, 4) is 10.4 Å². The van der Waals surface area contributed by atoms with Gasteiger partial charge in [0.1, 0.15) is 11.4 Å². The lowest BCUT2D eigenvalue weighted by Gasteiger charge is -2.28. The molecule has 1 aliphatic carbocycles. The zero-order valence-corrected chi connectivity index (χ0v) is 17.9. The summed E-state index contributed by atoms with van der Waals surface area (Å²) in [4.78, 5) is 34.0. The van der Waals surface area contributed by atoms with Gasteiger partial charge in [0.15, 0.2) is 9.84 Å². The fourth-order valence-electron chi connectivity index (χ4n) is 3.97. The molecule has 3 aromatic heterocycles. The molecule has 1 unspecified atom stereocenters. The number of thiophene rings is 2. The van der Waals surface area contributed by atoms with Crippen molar-refractivity contribution in [2.45, 2.75) is 37.9 Å². The second-order valence-electron chi connectivity index (χ2n) is 7.57. The van der Waals surface area contributed by atoms with Crippen LogP contribution in [0, 0.1) is 0 Å². The van der Waals surface area contributed by atoms with Gasteiger partial charge in [-0.1, -0.05) is 6.07 Å². The first-order valence-electron chi connectivity index (χ1n) is 9.45. The number of fused-ring (bicyclic) bond motifs is 1. The molecule has 0 radical (unpaired) electrons. The van der Waals surface area contributed by atoms with Gasteiger partial charge in [-0.15, -0.1) is 22.7 Å². The minimum absolute atomic E-state index is 0.0223. The average Bonchev–Trinajstić information content (AvgIpc) is 3.08. The third-order valence-corrected chi connectivity index (χ3v) is 9.02. The first kappa shape index (κ1) is 19.0. The van der Waals surface area contributed by atoms with Crippen molar-refractivity contribution in [1.82, 2.24) is 14.5 Å². The van der Waals surface area contributed by atoms with E-state index in [4.69, 9.17) is 0 Å². The largest absolute Gasteiger partial charge is 0.334 e. The summed E-state index contributed by atoms with van der Waals surface area (Å²) < 4.78 is 25.1. The lowest BCUT2D eigenvalue weighted by atomic mass is 10.2. The van der Waals surface area contributed by atoms with E-state index in [-0.39, 0.29) is 41.6 Å². The number of rotatable bonds is 5. The van der Waals surface area contributed by atoms with Crippen LogP contribution in [0.4, 0.5) is 0 Å². The van der Waals surface area contributed by atoms with Crippen molar-refractivity contribution in [1.29, 1.82) is 0 Å². The van der Waals surface area contributed by atoms with Gasteiger partial charge in [-0.2, -0.15) is 0 Å². The van der Waals surface area contributed by atoms with E-state index in [0.717, 1.165) is 23.3 Å². The van der Waals surface area contributed by atoms with Gasteiger partial charge in [-0.05, 0) is 30.7 Å². The Morgan fingerprint density at radius 2 is 2.07 bits per heavy atom. The summed E-state index contributed by atoms with van der Waals surface area (Å²) in [5.74, 6) is -0.0550. The molecule has 0 bridgehead atoms. The first-order chi connectivity index (χ1) is 13.9. The molecule has 7 nitrogen and oxygen atoms in total. The fourth-order valence-corrected chi connectivity index (χ4v) is 7.41. The van der Waals surface area contributed by atoms with Crippen LogP contribution in [0.5, 0.6) is 0 Å². The van der Waals surface area contributed by atoms with Gasteiger partial charge in [0, 0.05) is 27.9 Å². The number of hydrogen-bond donors (Lipinski definition) is 0. The normalized spacial score (nSPS) is 20.9. The Kier molecular flexibility index (Phi) is 4.60.